The molecule has 0 fully saturated rings. The smallest absolute Gasteiger partial charge is 0.325 e. The monoisotopic (exact) mass is 353 g/mol. The number of aliphatic carboxylic acids is 1. The molecule has 0 spiro atoms. The number of hydrogen-bond donors (Lipinski definition) is 2. The van der Waals surface area contributed by atoms with Crippen LogP contribution in [0.25, 0.3) is 0 Å². The van der Waals surface area contributed by atoms with Crippen molar-refractivity contribution in [3.05, 3.63) is 32.4 Å². The van der Waals surface area contributed by atoms with E-state index in [0.29, 0.717) is 10.6 Å². The highest BCUT2D eigenvalue weighted by Crippen LogP contribution is 2.17. The lowest BCUT2D eigenvalue weighted by Gasteiger charge is -2.10. The largest absolute Gasteiger partial charge is 0.480 e. The minimum absolute atomic E-state index is 0.376. The van der Waals surface area contributed by atoms with Crippen LogP contribution in [0.4, 0.5) is 0 Å². The van der Waals surface area contributed by atoms with E-state index in [1.807, 2.05) is 22.6 Å². The van der Waals surface area contributed by atoms with E-state index >= 15 is 0 Å². The normalized spacial score (nSPS) is 11.9. The number of carboxylic acid groups (broad SMARTS) is 1. The first-order valence-electron chi connectivity index (χ1n) is 4.40. The molecule has 0 aliphatic rings. The van der Waals surface area contributed by atoms with Gasteiger partial charge in [0, 0.05) is 8.59 Å². The van der Waals surface area contributed by atoms with Crippen molar-refractivity contribution in [3.63, 3.8) is 0 Å². The lowest BCUT2D eigenvalue weighted by atomic mass is 10.2. The summed E-state index contributed by atoms with van der Waals surface area (Å²) >= 11 is 7.75. The zero-order chi connectivity index (χ0) is 12.3. The molecule has 0 saturated heterocycles. The van der Waals surface area contributed by atoms with E-state index in [-0.39, 0.29) is 0 Å². The molecule has 0 saturated carbocycles. The number of carboxylic acids is 1. The first-order valence-corrected chi connectivity index (χ1v) is 5.86. The van der Waals surface area contributed by atoms with Crippen LogP contribution in [-0.2, 0) is 4.79 Å². The van der Waals surface area contributed by atoms with Gasteiger partial charge in [0.05, 0.1) is 5.56 Å². The van der Waals surface area contributed by atoms with Crippen LogP contribution in [0.5, 0.6) is 0 Å². The van der Waals surface area contributed by atoms with Gasteiger partial charge in [-0.05, 0) is 47.7 Å². The molecule has 0 aliphatic carbocycles. The summed E-state index contributed by atoms with van der Waals surface area (Å²) in [5, 5.41) is 11.5. The predicted molar refractivity (Wildman–Crippen MR) is 68.7 cm³/mol. The van der Waals surface area contributed by atoms with E-state index in [0.717, 1.165) is 3.57 Å². The van der Waals surface area contributed by atoms with Crippen molar-refractivity contribution in [2.24, 2.45) is 0 Å². The molecule has 6 heteroatoms. The van der Waals surface area contributed by atoms with Crippen LogP contribution in [0.1, 0.15) is 17.3 Å². The van der Waals surface area contributed by atoms with Gasteiger partial charge in [-0.3, -0.25) is 9.59 Å². The summed E-state index contributed by atoms with van der Waals surface area (Å²) in [6, 6.07) is 3.94. The van der Waals surface area contributed by atoms with Gasteiger partial charge in [-0.1, -0.05) is 11.6 Å². The Morgan fingerprint density at radius 1 is 1.50 bits per heavy atom. The minimum Gasteiger partial charge on any atom is -0.480 e. The molecule has 0 aliphatic heterocycles. The van der Waals surface area contributed by atoms with Gasteiger partial charge in [-0.25, -0.2) is 0 Å². The van der Waals surface area contributed by atoms with E-state index in [4.69, 9.17) is 16.7 Å². The molecule has 16 heavy (non-hydrogen) atoms. The zero-order valence-corrected chi connectivity index (χ0v) is 11.2. The molecule has 1 rings (SSSR count). The van der Waals surface area contributed by atoms with Gasteiger partial charge in [0.15, 0.2) is 0 Å². The molecule has 1 amide bonds. The van der Waals surface area contributed by atoms with Crippen LogP contribution in [0.15, 0.2) is 18.2 Å². The maximum Gasteiger partial charge on any atom is 0.325 e. The molecule has 0 radical (unpaired) electrons. The molecule has 0 aromatic heterocycles. The van der Waals surface area contributed by atoms with E-state index in [1.54, 1.807) is 12.1 Å². The molecule has 0 heterocycles. The van der Waals surface area contributed by atoms with Gasteiger partial charge in [0.25, 0.3) is 5.91 Å². The van der Waals surface area contributed by atoms with Crippen LogP contribution < -0.4 is 5.32 Å². The zero-order valence-electron chi connectivity index (χ0n) is 8.33. The minimum atomic E-state index is -1.08. The Balaban J connectivity index is 2.88. The first kappa shape index (κ1) is 13.2. The van der Waals surface area contributed by atoms with Crippen LogP contribution >= 0.6 is 34.2 Å². The average molecular weight is 354 g/mol. The summed E-state index contributed by atoms with van der Waals surface area (Å²) in [6.07, 6.45) is 0. The Morgan fingerprint density at radius 3 is 2.69 bits per heavy atom. The van der Waals surface area contributed by atoms with E-state index in [2.05, 4.69) is 5.32 Å². The Hall–Kier alpha value is -0.820. The second-order valence-corrected chi connectivity index (χ2v) is 4.76. The molecular weight excluding hydrogens is 344 g/mol. The summed E-state index contributed by atoms with van der Waals surface area (Å²) < 4.78 is 0.720. The summed E-state index contributed by atoms with van der Waals surface area (Å²) in [5.74, 6) is -1.52. The molecule has 0 unspecified atom stereocenters. The van der Waals surface area contributed by atoms with Crippen molar-refractivity contribution >= 4 is 46.1 Å². The van der Waals surface area contributed by atoms with Crippen LogP contribution in [0.2, 0.25) is 5.02 Å². The third kappa shape index (κ3) is 3.34. The van der Waals surface area contributed by atoms with E-state index in [1.165, 1.54) is 13.0 Å². The van der Waals surface area contributed by atoms with E-state index < -0.39 is 17.9 Å². The predicted octanol–water partition coefficient (Wildman–Crippen LogP) is 2.15. The average Bonchev–Trinajstić information content (AvgIpc) is 2.21. The van der Waals surface area contributed by atoms with Crippen molar-refractivity contribution in [1.29, 1.82) is 0 Å². The molecule has 1 aromatic rings. The highest BCUT2D eigenvalue weighted by Gasteiger charge is 2.17. The highest BCUT2D eigenvalue weighted by atomic mass is 127. The first-order chi connectivity index (χ1) is 7.41. The quantitative estimate of drug-likeness (QED) is 0.818. The number of hydrogen-bond acceptors (Lipinski definition) is 2. The fraction of sp³-hybridized carbons (Fsp3) is 0.200. The van der Waals surface area contributed by atoms with Gasteiger partial charge in [-0.2, -0.15) is 0 Å². The standard InChI is InChI=1S/C10H9ClINO3/c1-5(10(15)16)13-9(14)7-4-6(11)2-3-8(7)12/h2-5H,1H3,(H,13,14)(H,15,16)/t5-/m1/s1. The van der Waals surface area contributed by atoms with Crippen LogP contribution in [0, 0.1) is 3.57 Å². The van der Waals surface area contributed by atoms with Crippen LogP contribution in [0.3, 0.4) is 0 Å². The highest BCUT2D eigenvalue weighted by molar-refractivity contribution is 14.1. The number of carbonyl (C=O) groups is 2. The third-order valence-electron chi connectivity index (χ3n) is 1.89. The summed E-state index contributed by atoms with van der Waals surface area (Å²) in [7, 11) is 0. The maximum absolute atomic E-state index is 11.7. The maximum atomic E-state index is 11.7. The number of nitrogens with one attached hydrogen (secondary N) is 1. The van der Waals surface area contributed by atoms with Crippen LogP contribution in [-0.4, -0.2) is 23.0 Å². The second-order valence-electron chi connectivity index (χ2n) is 3.16. The Morgan fingerprint density at radius 2 is 2.12 bits per heavy atom. The Labute approximate surface area is 111 Å². The lowest BCUT2D eigenvalue weighted by molar-refractivity contribution is -0.138. The molecule has 86 valence electrons. The summed E-state index contributed by atoms with van der Waals surface area (Å²) in [5.41, 5.74) is 0.376. The topological polar surface area (TPSA) is 66.4 Å². The molecule has 1 atom stereocenters. The van der Waals surface area contributed by atoms with Crippen molar-refractivity contribution in [2.45, 2.75) is 13.0 Å². The second kappa shape index (κ2) is 5.49. The lowest BCUT2D eigenvalue weighted by Crippen LogP contribution is -2.38. The van der Waals surface area contributed by atoms with Gasteiger partial charge < -0.3 is 10.4 Å². The number of halogens is 2. The van der Waals surface area contributed by atoms with Crippen molar-refractivity contribution < 1.29 is 14.7 Å². The molecule has 1 aromatic carbocycles. The number of amides is 1. The van der Waals surface area contributed by atoms with E-state index in [9.17, 15) is 9.59 Å². The Bertz CT molecular complexity index is 436. The van der Waals surface area contributed by atoms with Crippen molar-refractivity contribution in [1.82, 2.24) is 5.32 Å². The number of benzene rings is 1. The molecule has 4 nitrogen and oxygen atoms in total. The summed E-state index contributed by atoms with van der Waals surface area (Å²) in [6.45, 7) is 1.40. The number of carbonyl (C=O) groups excluding carboxylic acids is 1. The fourth-order valence-corrected chi connectivity index (χ4v) is 1.76. The summed E-state index contributed by atoms with van der Waals surface area (Å²) in [4.78, 5) is 22.3. The molecular formula is C10H9ClINO3. The number of rotatable bonds is 3. The third-order valence-corrected chi connectivity index (χ3v) is 3.07. The fourth-order valence-electron chi connectivity index (χ4n) is 1.01. The molecule has 0 bridgehead atoms. The van der Waals surface area contributed by atoms with Gasteiger partial charge in [0.2, 0.25) is 0 Å². The molecule has 2 N–H and O–H groups in total. The Kier molecular flexibility index (Phi) is 4.55. The van der Waals surface area contributed by atoms with Crippen molar-refractivity contribution in [3.8, 4) is 0 Å². The van der Waals surface area contributed by atoms with Gasteiger partial charge in [0.1, 0.15) is 6.04 Å². The van der Waals surface area contributed by atoms with Gasteiger partial charge >= 0.3 is 5.97 Å². The van der Waals surface area contributed by atoms with Crippen molar-refractivity contribution in [2.75, 3.05) is 0 Å². The SMILES string of the molecule is C[C@@H](NC(=O)c1cc(Cl)ccc1I)C(=O)O. The van der Waals surface area contributed by atoms with Gasteiger partial charge in [-0.15, -0.1) is 0 Å².